The topological polar surface area (TPSA) is 183 Å². The van der Waals surface area contributed by atoms with Crippen LogP contribution in [0.5, 0.6) is 5.75 Å². The summed E-state index contributed by atoms with van der Waals surface area (Å²) in [5, 5.41) is 31.9. The van der Waals surface area contributed by atoms with E-state index in [1.54, 1.807) is 12.1 Å². The van der Waals surface area contributed by atoms with Crippen molar-refractivity contribution in [2.24, 2.45) is 21.8 Å². The Kier molecular flexibility index (Phi) is 15.0. The minimum absolute atomic E-state index is 0.0357. The van der Waals surface area contributed by atoms with Crippen LogP contribution in [-0.2, 0) is 11.2 Å². The van der Waals surface area contributed by atoms with Crippen LogP contribution in [0.2, 0.25) is 10.0 Å². The SMILES string of the molecule is N=C(N)NCCCCCCNC(=O)C(Cc1cc(Cl)c(OCCCCNC=NN)c(Cl)c1)=NO. The molecule has 0 aliphatic rings. The summed E-state index contributed by atoms with van der Waals surface area (Å²) in [5.41, 5.74) is 5.79. The maximum absolute atomic E-state index is 12.3. The number of ether oxygens (including phenoxy) is 1. The number of carbonyl (C=O) groups is 1. The second-order valence-corrected chi connectivity index (χ2v) is 8.22. The molecule has 13 heteroatoms. The van der Waals surface area contributed by atoms with Crippen molar-refractivity contribution in [2.75, 3.05) is 26.2 Å². The number of rotatable bonds is 17. The molecule has 11 nitrogen and oxygen atoms in total. The Bertz CT molecular complexity index is 813. The first-order valence-electron chi connectivity index (χ1n) is 11.0. The maximum atomic E-state index is 12.3. The van der Waals surface area contributed by atoms with Gasteiger partial charge < -0.3 is 37.5 Å². The minimum atomic E-state index is -0.457. The van der Waals surface area contributed by atoms with E-state index in [2.05, 4.69) is 26.2 Å². The van der Waals surface area contributed by atoms with Crippen LogP contribution in [0.1, 0.15) is 44.1 Å². The molecule has 0 atom stereocenters. The highest BCUT2D eigenvalue weighted by atomic mass is 35.5. The number of nitrogens with one attached hydrogen (secondary N) is 4. The predicted octanol–water partition coefficient (Wildman–Crippen LogP) is 2.18. The predicted molar refractivity (Wildman–Crippen MR) is 136 cm³/mol. The van der Waals surface area contributed by atoms with E-state index in [0.29, 0.717) is 47.6 Å². The van der Waals surface area contributed by atoms with Gasteiger partial charge in [-0.15, -0.1) is 0 Å². The number of hydrazone groups is 1. The number of benzene rings is 1. The number of nitrogens with zero attached hydrogens (tertiary/aromatic N) is 2. The van der Waals surface area contributed by atoms with Crippen molar-refractivity contribution in [3.63, 3.8) is 0 Å². The Morgan fingerprint density at radius 1 is 1.06 bits per heavy atom. The number of halogens is 2. The lowest BCUT2D eigenvalue weighted by atomic mass is 10.1. The number of carbonyl (C=O) groups excluding carboxylic acids is 1. The van der Waals surface area contributed by atoms with Gasteiger partial charge in [0, 0.05) is 26.1 Å². The van der Waals surface area contributed by atoms with Crippen LogP contribution in [0.25, 0.3) is 0 Å². The Morgan fingerprint density at radius 2 is 1.68 bits per heavy atom. The molecule has 0 unspecified atom stereocenters. The van der Waals surface area contributed by atoms with Gasteiger partial charge >= 0.3 is 0 Å². The zero-order valence-electron chi connectivity index (χ0n) is 19.1. The van der Waals surface area contributed by atoms with E-state index in [9.17, 15) is 10.0 Å². The summed E-state index contributed by atoms with van der Waals surface area (Å²) in [5.74, 6) is 4.88. The first-order chi connectivity index (χ1) is 16.4. The number of amides is 1. The quantitative estimate of drug-likeness (QED) is 0.0412. The summed E-state index contributed by atoms with van der Waals surface area (Å²) in [6.07, 6.45) is 6.64. The summed E-state index contributed by atoms with van der Waals surface area (Å²) in [6, 6.07) is 3.27. The zero-order valence-corrected chi connectivity index (χ0v) is 20.6. The molecule has 0 aliphatic heterocycles. The van der Waals surface area contributed by atoms with Gasteiger partial charge in [0.1, 0.15) is 12.1 Å². The molecule has 0 radical (unpaired) electrons. The third-order valence-electron chi connectivity index (χ3n) is 4.64. The summed E-state index contributed by atoms with van der Waals surface area (Å²) in [7, 11) is 0. The third kappa shape index (κ3) is 12.4. The average Bonchev–Trinajstić information content (AvgIpc) is 2.79. The second kappa shape index (κ2) is 17.5. The lowest BCUT2D eigenvalue weighted by molar-refractivity contribution is -0.115. The highest BCUT2D eigenvalue weighted by molar-refractivity contribution is 6.40. The highest BCUT2D eigenvalue weighted by Crippen LogP contribution is 2.34. The molecule has 9 N–H and O–H groups in total. The Hall–Kier alpha value is -2.92. The molecule has 0 spiro atoms. The fourth-order valence-corrected chi connectivity index (χ4v) is 3.60. The number of unbranched alkanes of at least 4 members (excludes halogenated alkanes) is 4. The molecule has 34 heavy (non-hydrogen) atoms. The van der Waals surface area contributed by atoms with Crippen molar-refractivity contribution in [2.45, 2.75) is 44.9 Å². The van der Waals surface area contributed by atoms with Crippen molar-refractivity contribution in [3.8, 4) is 5.75 Å². The average molecular weight is 517 g/mol. The van der Waals surface area contributed by atoms with Gasteiger partial charge in [-0.25, -0.2) is 0 Å². The van der Waals surface area contributed by atoms with E-state index >= 15 is 0 Å². The fraction of sp³-hybridized carbons (Fsp3) is 0.524. The summed E-state index contributed by atoms with van der Waals surface area (Å²) < 4.78 is 5.69. The van der Waals surface area contributed by atoms with Crippen molar-refractivity contribution < 1.29 is 14.7 Å². The smallest absolute Gasteiger partial charge is 0.269 e. The number of nitrogens with two attached hydrogens (primary N) is 2. The second-order valence-electron chi connectivity index (χ2n) is 7.41. The van der Waals surface area contributed by atoms with Crippen molar-refractivity contribution >= 4 is 47.1 Å². The molecule has 1 aromatic carbocycles. The normalized spacial score (nSPS) is 11.4. The molecule has 0 aliphatic carbocycles. The van der Waals surface area contributed by atoms with Gasteiger partial charge in [0.25, 0.3) is 5.91 Å². The lowest BCUT2D eigenvalue weighted by Crippen LogP contribution is -2.33. The Labute approximate surface area is 209 Å². The van der Waals surface area contributed by atoms with Crippen molar-refractivity contribution in [3.05, 3.63) is 27.7 Å². The van der Waals surface area contributed by atoms with E-state index < -0.39 is 5.91 Å². The van der Waals surface area contributed by atoms with E-state index in [1.807, 2.05) is 0 Å². The van der Waals surface area contributed by atoms with Gasteiger partial charge in [0.2, 0.25) is 0 Å². The number of guanidine groups is 1. The fourth-order valence-electron chi connectivity index (χ4n) is 2.96. The van der Waals surface area contributed by atoms with Gasteiger partial charge in [-0.05, 0) is 43.4 Å². The van der Waals surface area contributed by atoms with Gasteiger partial charge in [-0.1, -0.05) is 41.2 Å². The third-order valence-corrected chi connectivity index (χ3v) is 5.21. The molecule has 190 valence electrons. The van der Waals surface area contributed by atoms with Crippen molar-refractivity contribution in [1.82, 2.24) is 16.0 Å². The van der Waals surface area contributed by atoms with E-state index in [-0.39, 0.29) is 18.1 Å². The van der Waals surface area contributed by atoms with Crippen LogP contribution in [0.4, 0.5) is 0 Å². The van der Waals surface area contributed by atoms with Crippen LogP contribution in [0.3, 0.4) is 0 Å². The standard InChI is InChI=1S/C21H34Cl2N8O3/c22-16-11-15(12-17(23)19(16)34-10-6-5-7-27-14-30-26)13-18(31-33)20(32)28-8-3-1-2-4-9-29-21(24)25/h11-12,14,33H,1-10,13,26H2,(H,27,30)(H,28,32)(H4,24,25,29). The summed E-state index contributed by atoms with van der Waals surface area (Å²) in [4.78, 5) is 12.3. The maximum Gasteiger partial charge on any atom is 0.269 e. The minimum Gasteiger partial charge on any atom is -0.490 e. The molecule has 0 bridgehead atoms. The monoisotopic (exact) mass is 516 g/mol. The van der Waals surface area contributed by atoms with Crippen LogP contribution in [0, 0.1) is 5.41 Å². The number of oxime groups is 1. The number of hydrogen-bond acceptors (Lipinski definition) is 7. The van der Waals surface area contributed by atoms with Crippen LogP contribution in [0.15, 0.2) is 22.4 Å². The van der Waals surface area contributed by atoms with E-state index in [4.69, 9.17) is 44.9 Å². The van der Waals surface area contributed by atoms with Crippen LogP contribution in [-0.4, -0.2) is 55.4 Å². The summed E-state index contributed by atoms with van der Waals surface area (Å²) in [6.45, 7) is 2.26. The molecular formula is C21H34Cl2N8O3. The summed E-state index contributed by atoms with van der Waals surface area (Å²) >= 11 is 12.6. The Morgan fingerprint density at radius 3 is 2.26 bits per heavy atom. The van der Waals surface area contributed by atoms with Gasteiger partial charge in [-0.3, -0.25) is 10.2 Å². The molecule has 1 rings (SSSR count). The number of hydrogen-bond donors (Lipinski definition) is 7. The molecule has 0 saturated heterocycles. The molecule has 0 fully saturated rings. The zero-order chi connectivity index (χ0) is 25.2. The molecule has 0 heterocycles. The van der Waals surface area contributed by atoms with Crippen LogP contribution >= 0.6 is 23.2 Å². The van der Waals surface area contributed by atoms with Crippen molar-refractivity contribution in [1.29, 1.82) is 5.41 Å². The molecule has 1 aromatic rings. The van der Waals surface area contributed by atoms with Crippen LogP contribution < -0.4 is 32.3 Å². The highest BCUT2D eigenvalue weighted by Gasteiger charge is 2.16. The molecular weight excluding hydrogens is 483 g/mol. The van der Waals surface area contributed by atoms with Gasteiger partial charge in [0.15, 0.2) is 11.7 Å². The largest absolute Gasteiger partial charge is 0.490 e. The van der Waals surface area contributed by atoms with E-state index in [0.717, 1.165) is 38.5 Å². The van der Waals surface area contributed by atoms with Gasteiger partial charge in [-0.2, -0.15) is 5.10 Å². The molecule has 0 saturated carbocycles. The van der Waals surface area contributed by atoms with Gasteiger partial charge in [0.05, 0.1) is 16.7 Å². The molecule has 1 amide bonds. The molecule has 0 aromatic heterocycles. The lowest BCUT2D eigenvalue weighted by Gasteiger charge is -2.12. The van der Waals surface area contributed by atoms with E-state index in [1.165, 1.54) is 6.34 Å². The Balaban J connectivity index is 2.43. The first-order valence-corrected chi connectivity index (χ1v) is 11.8. The first kappa shape index (κ1) is 29.1.